The second kappa shape index (κ2) is 5.57. The van der Waals surface area contributed by atoms with Crippen LogP contribution in [-0.4, -0.2) is 33.6 Å². The molecule has 2 fully saturated rings. The van der Waals surface area contributed by atoms with E-state index >= 15 is 0 Å². The molecular weight excluding hydrogens is 324 g/mol. The van der Waals surface area contributed by atoms with Crippen molar-refractivity contribution in [2.45, 2.75) is 25.3 Å². The molecule has 1 unspecified atom stereocenters. The van der Waals surface area contributed by atoms with Crippen LogP contribution in [0.15, 0.2) is 24.5 Å². The van der Waals surface area contributed by atoms with Crippen molar-refractivity contribution in [3.63, 3.8) is 0 Å². The summed E-state index contributed by atoms with van der Waals surface area (Å²) in [4.78, 5) is 15.3. The van der Waals surface area contributed by atoms with Gasteiger partial charge in [0.25, 0.3) is 0 Å². The molecule has 1 saturated heterocycles. The van der Waals surface area contributed by atoms with Crippen molar-refractivity contribution in [2.24, 2.45) is 17.6 Å². The lowest BCUT2D eigenvalue weighted by molar-refractivity contribution is 0.449. The quantitative estimate of drug-likeness (QED) is 0.812. The Bertz CT molecular complexity index is 761. The Morgan fingerprint density at radius 2 is 1.92 bits per heavy atom. The number of hydrogen-bond donors (Lipinski definition) is 2. The first-order chi connectivity index (χ1) is 11.4. The standard InChI is InChI=1S/C17H21ClN6/c1-17(20)5-10-8-24(9-11(10)6-17)16-22-7-13(15(19)23-16)12-3-2-4-21-14(12)18/h2-4,7,10-11H,5-6,8-9,20H2,1H3,(H2,19,22,23)/t10-,11+,17?. The average Bonchev–Trinajstić information content (AvgIpc) is 3.01. The Labute approximate surface area is 146 Å². The molecule has 3 heterocycles. The van der Waals surface area contributed by atoms with E-state index in [0.29, 0.717) is 34.3 Å². The third-order valence-corrected chi connectivity index (χ3v) is 5.47. The Balaban J connectivity index is 1.57. The van der Waals surface area contributed by atoms with Crippen molar-refractivity contribution in [1.82, 2.24) is 15.0 Å². The molecule has 4 N–H and O–H groups in total. The van der Waals surface area contributed by atoms with Crippen LogP contribution in [0.2, 0.25) is 5.15 Å². The fraction of sp³-hybridized carbons (Fsp3) is 0.471. The number of rotatable bonds is 2. The molecule has 1 aliphatic heterocycles. The van der Waals surface area contributed by atoms with Crippen molar-refractivity contribution in [1.29, 1.82) is 0 Å². The van der Waals surface area contributed by atoms with Gasteiger partial charge >= 0.3 is 0 Å². The Hall–Kier alpha value is -1.92. The molecule has 0 bridgehead atoms. The molecule has 0 spiro atoms. The summed E-state index contributed by atoms with van der Waals surface area (Å²) in [7, 11) is 0. The second-order valence-corrected chi connectivity index (χ2v) is 7.66. The predicted octanol–water partition coefficient (Wildman–Crippen LogP) is 2.34. The number of pyridine rings is 1. The lowest BCUT2D eigenvalue weighted by atomic mass is 10.00. The monoisotopic (exact) mass is 344 g/mol. The van der Waals surface area contributed by atoms with E-state index in [1.165, 1.54) is 0 Å². The normalized spacial score (nSPS) is 29.0. The minimum Gasteiger partial charge on any atom is -0.383 e. The highest BCUT2D eigenvalue weighted by atomic mass is 35.5. The van der Waals surface area contributed by atoms with Crippen molar-refractivity contribution < 1.29 is 0 Å². The Kier molecular flexibility index (Phi) is 3.62. The van der Waals surface area contributed by atoms with E-state index < -0.39 is 0 Å². The molecule has 2 aromatic rings. The van der Waals surface area contributed by atoms with Crippen LogP contribution >= 0.6 is 11.6 Å². The van der Waals surface area contributed by atoms with Crippen LogP contribution in [0.1, 0.15) is 19.8 Å². The third kappa shape index (κ3) is 2.70. The molecular formula is C17H21ClN6. The fourth-order valence-electron chi connectivity index (χ4n) is 4.18. The molecule has 0 aromatic carbocycles. The van der Waals surface area contributed by atoms with Crippen LogP contribution in [0.3, 0.4) is 0 Å². The van der Waals surface area contributed by atoms with Crippen LogP contribution in [0.5, 0.6) is 0 Å². The molecule has 7 heteroatoms. The third-order valence-electron chi connectivity index (χ3n) is 5.17. The number of nitrogens with zero attached hydrogens (tertiary/aromatic N) is 4. The van der Waals surface area contributed by atoms with Crippen LogP contribution in [-0.2, 0) is 0 Å². The van der Waals surface area contributed by atoms with E-state index in [1.807, 2.05) is 12.1 Å². The summed E-state index contributed by atoms with van der Waals surface area (Å²) in [5.74, 6) is 2.36. The predicted molar refractivity (Wildman–Crippen MR) is 95.7 cm³/mol. The van der Waals surface area contributed by atoms with E-state index in [4.69, 9.17) is 23.1 Å². The highest BCUT2D eigenvalue weighted by Gasteiger charge is 2.45. The first-order valence-electron chi connectivity index (χ1n) is 8.20. The number of anilines is 2. The summed E-state index contributed by atoms with van der Waals surface area (Å²) in [5, 5.41) is 0.401. The molecule has 4 rings (SSSR count). The van der Waals surface area contributed by atoms with E-state index in [2.05, 4.69) is 26.8 Å². The first-order valence-corrected chi connectivity index (χ1v) is 8.58. The van der Waals surface area contributed by atoms with Gasteiger partial charge in [-0.2, -0.15) is 4.98 Å². The SMILES string of the molecule is CC1(N)C[C@H]2CN(c3ncc(-c4cccnc4Cl)c(N)n3)C[C@H]2C1. The zero-order valence-electron chi connectivity index (χ0n) is 13.6. The Morgan fingerprint density at radius 3 is 2.54 bits per heavy atom. The summed E-state index contributed by atoms with van der Waals surface area (Å²) >= 11 is 6.14. The van der Waals surface area contributed by atoms with Gasteiger partial charge in [0.15, 0.2) is 0 Å². The van der Waals surface area contributed by atoms with Gasteiger partial charge < -0.3 is 16.4 Å². The molecule has 1 saturated carbocycles. The van der Waals surface area contributed by atoms with E-state index in [0.717, 1.165) is 31.5 Å². The van der Waals surface area contributed by atoms with Gasteiger partial charge in [0.1, 0.15) is 11.0 Å². The van der Waals surface area contributed by atoms with Gasteiger partial charge in [-0.15, -0.1) is 0 Å². The van der Waals surface area contributed by atoms with Crippen molar-refractivity contribution >= 4 is 23.4 Å². The van der Waals surface area contributed by atoms with Crippen LogP contribution in [0.4, 0.5) is 11.8 Å². The number of nitrogens with two attached hydrogens (primary N) is 2. The molecule has 0 amide bonds. The van der Waals surface area contributed by atoms with Gasteiger partial charge in [-0.05, 0) is 43.7 Å². The van der Waals surface area contributed by atoms with Gasteiger partial charge in [0, 0.05) is 42.1 Å². The Morgan fingerprint density at radius 1 is 1.21 bits per heavy atom. The first kappa shape index (κ1) is 15.6. The summed E-state index contributed by atoms with van der Waals surface area (Å²) < 4.78 is 0. The highest BCUT2D eigenvalue weighted by molar-refractivity contribution is 6.32. The molecule has 0 radical (unpaired) electrons. The van der Waals surface area contributed by atoms with E-state index in [1.54, 1.807) is 12.4 Å². The van der Waals surface area contributed by atoms with E-state index in [9.17, 15) is 0 Å². The molecule has 3 atom stereocenters. The molecule has 6 nitrogen and oxygen atoms in total. The minimum atomic E-state index is -0.0256. The van der Waals surface area contributed by atoms with Gasteiger partial charge in [0.05, 0.1) is 0 Å². The number of nitrogen functional groups attached to an aromatic ring is 1. The summed E-state index contributed by atoms with van der Waals surface area (Å²) in [6, 6.07) is 3.69. The summed E-state index contributed by atoms with van der Waals surface area (Å²) in [5.41, 5.74) is 13.9. The number of fused-ring (bicyclic) bond motifs is 1. The van der Waals surface area contributed by atoms with Crippen molar-refractivity contribution in [3.05, 3.63) is 29.7 Å². The van der Waals surface area contributed by atoms with Crippen LogP contribution in [0.25, 0.3) is 11.1 Å². The van der Waals surface area contributed by atoms with Gasteiger partial charge in [-0.25, -0.2) is 9.97 Å². The molecule has 1 aliphatic carbocycles. The largest absolute Gasteiger partial charge is 0.383 e. The number of aromatic nitrogens is 3. The number of hydrogen-bond acceptors (Lipinski definition) is 6. The van der Waals surface area contributed by atoms with Crippen LogP contribution in [0, 0.1) is 11.8 Å². The number of halogens is 1. The topological polar surface area (TPSA) is 94.0 Å². The molecule has 2 aromatic heterocycles. The smallest absolute Gasteiger partial charge is 0.227 e. The zero-order valence-corrected chi connectivity index (χ0v) is 14.4. The highest BCUT2D eigenvalue weighted by Crippen LogP contribution is 2.43. The summed E-state index contributed by atoms with van der Waals surface area (Å²) in [6.07, 6.45) is 5.51. The maximum Gasteiger partial charge on any atom is 0.227 e. The second-order valence-electron chi connectivity index (χ2n) is 7.30. The van der Waals surface area contributed by atoms with Gasteiger partial charge in [-0.3, -0.25) is 0 Å². The van der Waals surface area contributed by atoms with Crippen molar-refractivity contribution in [3.8, 4) is 11.1 Å². The van der Waals surface area contributed by atoms with Gasteiger partial charge in [0.2, 0.25) is 5.95 Å². The van der Waals surface area contributed by atoms with Crippen LogP contribution < -0.4 is 16.4 Å². The maximum atomic E-state index is 6.29. The van der Waals surface area contributed by atoms with E-state index in [-0.39, 0.29) is 5.54 Å². The molecule has 126 valence electrons. The van der Waals surface area contributed by atoms with Gasteiger partial charge in [-0.1, -0.05) is 11.6 Å². The average molecular weight is 345 g/mol. The lowest BCUT2D eigenvalue weighted by Gasteiger charge is -2.23. The molecule has 24 heavy (non-hydrogen) atoms. The molecule has 2 aliphatic rings. The lowest BCUT2D eigenvalue weighted by Crippen LogP contribution is -2.35. The fourth-order valence-corrected chi connectivity index (χ4v) is 4.40. The summed E-state index contributed by atoms with van der Waals surface area (Å²) in [6.45, 7) is 4.05. The maximum absolute atomic E-state index is 6.29. The van der Waals surface area contributed by atoms with Crippen molar-refractivity contribution in [2.75, 3.05) is 23.7 Å². The zero-order chi connectivity index (χ0) is 16.9. The minimum absolute atomic E-state index is 0.0256.